The van der Waals surface area contributed by atoms with E-state index in [-0.39, 0.29) is 27.4 Å². The van der Waals surface area contributed by atoms with Crippen molar-refractivity contribution in [1.29, 1.82) is 0 Å². The summed E-state index contributed by atoms with van der Waals surface area (Å²) in [4.78, 5) is 12.7. The predicted octanol–water partition coefficient (Wildman–Crippen LogP) is 3.76. The number of carbonyl (C=O) groups excluding carboxylic acids is 1. The van der Waals surface area contributed by atoms with E-state index < -0.39 is 10.0 Å². The summed E-state index contributed by atoms with van der Waals surface area (Å²) in [5.41, 5.74) is 2.42. The smallest absolute Gasteiger partial charge is 0.253 e. The molecule has 1 saturated carbocycles. The summed E-state index contributed by atoms with van der Waals surface area (Å²) in [6, 6.07) is 12.4. The number of amides is 1. The number of hydrogen-bond acceptors (Lipinski definition) is 3. The van der Waals surface area contributed by atoms with Crippen molar-refractivity contribution in [2.24, 2.45) is 0 Å². The van der Waals surface area contributed by atoms with Crippen LogP contribution in [0, 0.1) is 0 Å². The Kier molecular flexibility index (Phi) is 5.45. The van der Waals surface area contributed by atoms with Crippen LogP contribution in [0.4, 0.5) is 0 Å². The zero-order chi connectivity index (χ0) is 19.7. The number of nitrogens with zero attached hydrogens (tertiary/aromatic N) is 1. The highest BCUT2D eigenvalue weighted by atomic mass is 35.5. The summed E-state index contributed by atoms with van der Waals surface area (Å²) in [7, 11) is -3.71. The molecule has 0 aromatic heterocycles. The standard InChI is InChI=1S/C21H23ClN2O3S/c22-20-10-9-18(13-19(20)21(25)23-17-7-3-4-8-17)28(26,27)24-12-11-15-5-1-2-6-16(15)14-24/h1-2,5-6,9-10,13,17H,3-4,7-8,11-12,14H2,(H,23,25). The van der Waals surface area contributed by atoms with Crippen LogP contribution in [-0.2, 0) is 23.0 Å². The molecule has 1 N–H and O–H groups in total. The second-order valence-electron chi connectivity index (χ2n) is 7.45. The minimum atomic E-state index is -3.71. The zero-order valence-electron chi connectivity index (χ0n) is 15.5. The van der Waals surface area contributed by atoms with E-state index in [0.29, 0.717) is 19.5 Å². The van der Waals surface area contributed by atoms with Crippen LogP contribution >= 0.6 is 11.6 Å². The van der Waals surface area contributed by atoms with Crippen molar-refractivity contribution in [3.05, 3.63) is 64.2 Å². The van der Waals surface area contributed by atoms with Crippen LogP contribution in [0.5, 0.6) is 0 Å². The highest BCUT2D eigenvalue weighted by Gasteiger charge is 2.29. The first-order valence-electron chi connectivity index (χ1n) is 9.62. The van der Waals surface area contributed by atoms with Crippen LogP contribution in [0.3, 0.4) is 0 Å². The Morgan fingerprint density at radius 1 is 1.07 bits per heavy atom. The molecule has 7 heteroatoms. The lowest BCUT2D eigenvalue weighted by Gasteiger charge is -2.28. The second-order valence-corrected chi connectivity index (χ2v) is 9.80. The molecule has 148 valence electrons. The molecule has 2 aromatic rings. The summed E-state index contributed by atoms with van der Waals surface area (Å²) < 4.78 is 27.8. The average Bonchev–Trinajstić information content (AvgIpc) is 3.20. The maximum Gasteiger partial charge on any atom is 0.253 e. The van der Waals surface area contributed by atoms with Gasteiger partial charge in [0, 0.05) is 19.1 Å². The number of hydrogen-bond donors (Lipinski definition) is 1. The first-order chi connectivity index (χ1) is 13.4. The molecule has 0 bridgehead atoms. The molecule has 28 heavy (non-hydrogen) atoms. The summed E-state index contributed by atoms with van der Waals surface area (Å²) in [6.07, 6.45) is 4.79. The van der Waals surface area contributed by atoms with Crippen molar-refractivity contribution in [1.82, 2.24) is 9.62 Å². The third kappa shape index (κ3) is 3.81. The molecular weight excluding hydrogens is 396 g/mol. The van der Waals surface area contributed by atoms with Gasteiger partial charge in [-0.3, -0.25) is 4.79 Å². The van der Waals surface area contributed by atoms with Gasteiger partial charge in [0.15, 0.2) is 0 Å². The Balaban J connectivity index is 1.59. The van der Waals surface area contributed by atoms with Crippen molar-refractivity contribution in [2.75, 3.05) is 6.54 Å². The Bertz CT molecular complexity index is 1000. The fourth-order valence-corrected chi connectivity index (χ4v) is 5.65. The fourth-order valence-electron chi connectivity index (χ4n) is 4.00. The van der Waals surface area contributed by atoms with Gasteiger partial charge in [-0.15, -0.1) is 0 Å². The maximum absolute atomic E-state index is 13.2. The van der Waals surface area contributed by atoms with Crippen LogP contribution in [0.15, 0.2) is 47.4 Å². The van der Waals surface area contributed by atoms with Gasteiger partial charge in [-0.1, -0.05) is 48.7 Å². The lowest BCUT2D eigenvalue weighted by atomic mass is 10.0. The van der Waals surface area contributed by atoms with Gasteiger partial charge in [-0.05, 0) is 48.6 Å². The first kappa shape index (κ1) is 19.4. The predicted molar refractivity (Wildman–Crippen MR) is 109 cm³/mol. The summed E-state index contributed by atoms with van der Waals surface area (Å²) in [5, 5.41) is 3.24. The molecule has 0 atom stereocenters. The highest BCUT2D eigenvalue weighted by Crippen LogP contribution is 2.28. The molecule has 1 aliphatic carbocycles. The fraction of sp³-hybridized carbons (Fsp3) is 0.381. The van der Waals surface area contributed by atoms with E-state index in [1.54, 1.807) is 0 Å². The van der Waals surface area contributed by atoms with Gasteiger partial charge in [0.2, 0.25) is 10.0 Å². The third-order valence-corrected chi connectivity index (χ3v) is 7.78. The van der Waals surface area contributed by atoms with Crippen molar-refractivity contribution >= 4 is 27.5 Å². The van der Waals surface area contributed by atoms with Crippen LogP contribution in [-0.4, -0.2) is 31.2 Å². The monoisotopic (exact) mass is 418 g/mol. The molecule has 0 radical (unpaired) electrons. The third-order valence-electron chi connectivity index (χ3n) is 5.61. The number of sulfonamides is 1. The lowest BCUT2D eigenvalue weighted by Crippen LogP contribution is -2.36. The van der Waals surface area contributed by atoms with Gasteiger partial charge in [-0.2, -0.15) is 4.31 Å². The minimum absolute atomic E-state index is 0.104. The van der Waals surface area contributed by atoms with Crippen LogP contribution in [0.1, 0.15) is 47.2 Å². The van der Waals surface area contributed by atoms with E-state index >= 15 is 0 Å². The van der Waals surface area contributed by atoms with Crippen LogP contribution in [0.2, 0.25) is 5.02 Å². The van der Waals surface area contributed by atoms with Crippen molar-refractivity contribution in [3.63, 3.8) is 0 Å². The molecule has 0 spiro atoms. The number of nitrogens with one attached hydrogen (secondary N) is 1. The van der Waals surface area contributed by atoms with Crippen molar-refractivity contribution in [3.8, 4) is 0 Å². The molecule has 2 aromatic carbocycles. The second kappa shape index (κ2) is 7.85. The Morgan fingerprint density at radius 2 is 1.79 bits per heavy atom. The number of benzene rings is 2. The van der Waals surface area contributed by atoms with Gasteiger partial charge >= 0.3 is 0 Å². The molecule has 1 aliphatic heterocycles. The molecule has 2 aliphatic rings. The zero-order valence-corrected chi connectivity index (χ0v) is 17.1. The van der Waals surface area contributed by atoms with Gasteiger partial charge in [-0.25, -0.2) is 8.42 Å². The number of rotatable bonds is 4. The maximum atomic E-state index is 13.2. The van der Waals surface area contributed by atoms with Gasteiger partial charge in [0.05, 0.1) is 15.5 Å². The van der Waals surface area contributed by atoms with Crippen molar-refractivity contribution in [2.45, 2.75) is 49.6 Å². The highest BCUT2D eigenvalue weighted by molar-refractivity contribution is 7.89. The first-order valence-corrected chi connectivity index (χ1v) is 11.4. The number of halogens is 1. The molecular formula is C21H23ClN2O3S. The van der Waals surface area contributed by atoms with E-state index in [2.05, 4.69) is 5.32 Å². The SMILES string of the molecule is O=C(NC1CCCC1)c1cc(S(=O)(=O)N2CCc3ccccc3C2)ccc1Cl. The number of carbonyl (C=O) groups is 1. The lowest BCUT2D eigenvalue weighted by molar-refractivity contribution is 0.0938. The van der Waals surface area contributed by atoms with Crippen molar-refractivity contribution < 1.29 is 13.2 Å². The van der Waals surface area contributed by atoms with E-state index in [1.807, 2.05) is 24.3 Å². The molecule has 1 amide bonds. The van der Waals surface area contributed by atoms with E-state index in [0.717, 1.165) is 31.2 Å². The molecule has 1 heterocycles. The van der Waals surface area contributed by atoms with Crippen LogP contribution < -0.4 is 5.32 Å². The average molecular weight is 419 g/mol. The number of fused-ring (bicyclic) bond motifs is 1. The normalized spacial score (nSPS) is 18.0. The summed E-state index contributed by atoms with van der Waals surface area (Å²) in [6.45, 7) is 0.760. The Morgan fingerprint density at radius 3 is 2.54 bits per heavy atom. The van der Waals surface area contributed by atoms with Gasteiger partial charge in [0.25, 0.3) is 5.91 Å². The molecule has 5 nitrogen and oxygen atoms in total. The van der Waals surface area contributed by atoms with E-state index in [4.69, 9.17) is 11.6 Å². The Hall–Kier alpha value is -1.89. The summed E-state index contributed by atoms with van der Waals surface area (Å²) in [5.74, 6) is -0.307. The minimum Gasteiger partial charge on any atom is -0.349 e. The van der Waals surface area contributed by atoms with Crippen LogP contribution in [0.25, 0.3) is 0 Å². The molecule has 1 fully saturated rings. The largest absolute Gasteiger partial charge is 0.349 e. The van der Waals surface area contributed by atoms with Gasteiger partial charge < -0.3 is 5.32 Å². The quantitative estimate of drug-likeness (QED) is 0.822. The van der Waals surface area contributed by atoms with Gasteiger partial charge in [0.1, 0.15) is 0 Å². The Labute approximate surface area is 170 Å². The van der Waals surface area contributed by atoms with E-state index in [9.17, 15) is 13.2 Å². The molecule has 4 rings (SSSR count). The molecule has 0 saturated heterocycles. The topological polar surface area (TPSA) is 66.5 Å². The van der Waals surface area contributed by atoms with E-state index in [1.165, 1.54) is 28.1 Å². The summed E-state index contributed by atoms with van der Waals surface area (Å²) >= 11 is 6.21. The molecule has 0 unspecified atom stereocenters.